The van der Waals surface area contributed by atoms with Gasteiger partial charge in [-0.15, -0.1) is 0 Å². The van der Waals surface area contributed by atoms with Crippen LogP contribution in [0.1, 0.15) is 11.7 Å². The lowest BCUT2D eigenvalue weighted by Gasteiger charge is -2.32. The van der Waals surface area contributed by atoms with E-state index in [0.29, 0.717) is 35.2 Å². The molecule has 0 spiro atoms. The molecule has 1 fully saturated rings. The summed E-state index contributed by atoms with van der Waals surface area (Å²) in [5, 5.41) is 3.82. The molecule has 1 saturated heterocycles. The predicted molar refractivity (Wildman–Crippen MR) is 90.4 cm³/mol. The minimum atomic E-state index is -0.469. The van der Waals surface area contributed by atoms with Gasteiger partial charge in [0.05, 0.1) is 13.7 Å². The molecule has 24 heavy (non-hydrogen) atoms. The Hall–Kier alpha value is -1.82. The second-order valence-electron chi connectivity index (χ2n) is 5.50. The Balaban J connectivity index is 1.92. The standard InChI is InChI=1S/C18H19ClFNO3/c1-22-16-10-13(19)5-6-15(16)24-18(17-11-21-7-8-23-17)12-3-2-4-14(20)9-12/h2-6,9-10,17-18,21H,7-8,11H2,1H3. The van der Waals surface area contributed by atoms with Gasteiger partial charge in [0.15, 0.2) is 17.6 Å². The molecule has 1 N–H and O–H groups in total. The molecule has 4 nitrogen and oxygen atoms in total. The average molecular weight is 352 g/mol. The molecule has 1 aliphatic rings. The van der Waals surface area contributed by atoms with E-state index in [1.807, 2.05) is 6.07 Å². The van der Waals surface area contributed by atoms with Crippen LogP contribution in [0.3, 0.4) is 0 Å². The van der Waals surface area contributed by atoms with Gasteiger partial charge in [0.2, 0.25) is 0 Å². The summed E-state index contributed by atoms with van der Waals surface area (Å²) in [6, 6.07) is 11.5. The third-order valence-electron chi connectivity index (χ3n) is 3.85. The molecule has 2 atom stereocenters. The molecule has 6 heteroatoms. The molecule has 2 aromatic rings. The van der Waals surface area contributed by atoms with Crippen molar-refractivity contribution in [1.82, 2.24) is 5.32 Å². The minimum Gasteiger partial charge on any atom is -0.493 e. The molecular weight excluding hydrogens is 333 g/mol. The van der Waals surface area contributed by atoms with Crippen LogP contribution in [0.5, 0.6) is 11.5 Å². The van der Waals surface area contributed by atoms with Crippen LogP contribution >= 0.6 is 11.6 Å². The fraction of sp³-hybridized carbons (Fsp3) is 0.333. The van der Waals surface area contributed by atoms with E-state index in [1.54, 1.807) is 31.4 Å². The highest BCUT2D eigenvalue weighted by Gasteiger charge is 2.29. The Morgan fingerprint density at radius 1 is 1.25 bits per heavy atom. The zero-order valence-corrected chi connectivity index (χ0v) is 14.1. The molecule has 0 aromatic heterocycles. The predicted octanol–water partition coefficient (Wildman–Crippen LogP) is 3.60. The van der Waals surface area contributed by atoms with Gasteiger partial charge in [0, 0.05) is 24.2 Å². The van der Waals surface area contributed by atoms with E-state index >= 15 is 0 Å². The first kappa shape index (κ1) is 17.0. The monoisotopic (exact) mass is 351 g/mol. The van der Waals surface area contributed by atoms with Gasteiger partial charge in [0.25, 0.3) is 0 Å². The Morgan fingerprint density at radius 2 is 2.12 bits per heavy atom. The fourth-order valence-corrected chi connectivity index (χ4v) is 2.86. The van der Waals surface area contributed by atoms with Gasteiger partial charge in [-0.1, -0.05) is 23.7 Å². The summed E-state index contributed by atoms with van der Waals surface area (Å²) in [5.74, 6) is 0.742. The number of methoxy groups -OCH3 is 1. The zero-order chi connectivity index (χ0) is 16.9. The smallest absolute Gasteiger partial charge is 0.162 e. The van der Waals surface area contributed by atoms with E-state index < -0.39 is 6.10 Å². The van der Waals surface area contributed by atoms with Crippen molar-refractivity contribution in [2.24, 2.45) is 0 Å². The van der Waals surface area contributed by atoms with Crippen LogP contribution in [-0.4, -0.2) is 32.9 Å². The van der Waals surface area contributed by atoms with E-state index in [4.69, 9.17) is 25.8 Å². The van der Waals surface area contributed by atoms with Crippen molar-refractivity contribution in [3.8, 4) is 11.5 Å². The molecule has 0 amide bonds. The number of nitrogens with one attached hydrogen (secondary N) is 1. The molecule has 2 unspecified atom stereocenters. The number of ether oxygens (including phenoxy) is 3. The summed E-state index contributed by atoms with van der Waals surface area (Å²) in [4.78, 5) is 0. The van der Waals surface area contributed by atoms with Gasteiger partial charge in [0.1, 0.15) is 11.9 Å². The molecule has 0 aliphatic carbocycles. The third kappa shape index (κ3) is 3.98. The molecule has 128 valence electrons. The van der Waals surface area contributed by atoms with Crippen molar-refractivity contribution in [3.05, 3.63) is 58.9 Å². The highest BCUT2D eigenvalue weighted by molar-refractivity contribution is 6.30. The molecular formula is C18H19ClFNO3. The maximum absolute atomic E-state index is 13.7. The summed E-state index contributed by atoms with van der Waals surface area (Å²) in [5.41, 5.74) is 0.709. The van der Waals surface area contributed by atoms with Gasteiger partial charge in [-0.3, -0.25) is 0 Å². The van der Waals surface area contributed by atoms with E-state index in [2.05, 4.69) is 5.32 Å². The van der Waals surface area contributed by atoms with Gasteiger partial charge in [-0.25, -0.2) is 4.39 Å². The summed E-state index contributed by atoms with van der Waals surface area (Å²) < 4.78 is 31.0. The van der Waals surface area contributed by atoms with Gasteiger partial charge >= 0.3 is 0 Å². The van der Waals surface area contributed by atoms with Crippen molar-refractivity contribution < 1.29 is 18.6 Å². The quantitative estimate of drug-likeness (QED) is 0.893. The lowest BCUT2D eigenvalue weighted by Crippen LogP contribution is -2.43. The number of halogens is 2. The van der Waals surface area contributed by atoms with Crippen molar-refractivity contribution in [2.45, 2.75) is 12.2 Å². The summed E-state index contributed by atoms with van der Waals surface area (Å²) in [7, 11) is 1.55. The fourth-order valence-electron chi connectivity index (χ4n) is 2.70. The van der Waals surface area contributed by atoms with Crippen molar-refractivity contribution in [1.29, 1.82) is 0 Å². The van der Waals surface area contributed by atoms with Crippen LogP contribution < -0.4 is 14.8 Å². The maximum atomic E-state index is 13.7. The van der Waals surface area contributed by atoms with Crippen molar-refractivity contribution >= 4 is 11.6 Å². The highest BCUT2D eigenvalue weighted by atomic mass is 35.5. The maximum Gasteiger partial charge on any atom is 0.162 e. The van der Waals surface area contributed by atoms with E-state index in [-0.39, 0.29) is 11.9 Å². The number of benzene rings is 2. The lowest BCUT2D eigenvalue weighted by molar-refractivity contribution is -0.0439. The molecule has 1 aliphatic heterocycles. The lowest BCUT2D eigenvalue weighted by atomic mass is 10.0. The Morgan fingerprint density at radius 3 is 2.83 bits per heavy atom. The van der Waals surface area contributed by atoms with Crippen LogP contribution in [0.4, 0.5) is 4.39 Å². The van der Waals surface area contributed by atoms with Crippen molar-refractivity contribution in [3.63, 3.8) is 0 Å². The van der Waals surface area contributed by atoms with E-state index in [1.165, 1.54) is 12.1 Å². The van der Waals surface area contributed by atoms with E-state index in [0.717, 1.165) is 6.54 Å². The average Bonchev–Trinajstić information content (AvgIpc) is 2.61. The largest absolute Gasteiger partial charge is 0.493 e. The molecule has 0 radical (unpaired) electrons. The molecule has 2 aromatic carbocycles. The number of rotatable bonds is 5. The second kappa shape index (κ2) is 7.83. The van der Waals surface area contributed by atoms with Crippen molar-refractivity contribution in [2.75, 3.05) is 26.8 Å². The van der Waals surface area contributed by atoms with Crippen LogP contribution in [0.25, 0.3) is 0 Å². The molecule has 0 saturated carbocycles. The first-order valence-electron chi connectivity index (χ1n) is 7.75. The SMILES string of the molecule is COc1cc(Cl)ccc1OC(c1cccc(F)c1)C1CNCCO1. The van der Waals surface area contributed by atoms with E-state index in [9.17, 15) is 4.39 Å². The van der Waals surface area contributed by atoms with Gasteiger partial charge in [-0.2, -0.15) is 0 Å². The van der Waals surface area contributed by atoms with Gasteiger partial charge in [-0.05, 0) is 29.8 Å². The first-order chi connectivity index (χ1) is 11.7. The Kier molecular flexibility index (Phi) is 5.56. The summed E-state index contributed by atoms with van der Waals surface area (Å²) >= 11 is 6.00. The van der Waals surface area contributed by atoms with Crippen LogP contribution in [-0.2, 0) is 4.74 Å². The number of hydrogen-bond acceptors (Lipinski definition) is 4. The van der Waals surface area contributed by atoms with Gasteiger partial charge < -0.3 is 19.5 Å². The first-order valence-corrected chi connectivity index (χ1v) is 8.13. The number of morpholine rings is 1. The van der Waals surface area contributed by atoms with Crippen LogP contribution in [0.15, 0.2) is 42.5 Å². The molecule has 1 heterocycles. The normalized spacial score (nSPS) is 18.9. The summed E-state index contributed by atoms with van der Waals surface area (Å²) in [6.45, 7) is 1.99. The van der Waals surface area contributed by atoms with Crippen LogP contribution in [0.2, 0.25) is 5.02 Å². The molecule has 3 rings (SSSR count). The topological polar surface area (TPSA) is 39.7 Å². The Bertz CT molecular complexity index is 692. The minimum absolute atomic E-state index is 0.235. The summed E-state index contributed by atoms with van der Waals surface area (Å²) in [6.07, 6.45) is -0.704. The molecule has 0 bridgehead atoms. The highest BCUT2D eigenvalue weighted by Crippen LogP contribution is 2.35. The third-order valence-corrected chi connectivity index (χ3v) is 4.09. The second-order valence-corrected chi connectivity index (χ2v) is 5.94. The zero-order valence-electron chi connectivity index (χ0n) is 13.3. The number of hydrogen-bond donors (Lipinski definition) is 1. The Labute approximate surface area is 145 Å². The van der Waals surface area contributed by atoms with Crippen LogP contribution in [0, 0.1) is 5.82 Å².